The van der Waals surface area contributed by atoms with Gasteiger partial charge in [-0.25, -0.2) is 0 Å². The summed E-state index contributed by atoms with van der Waals surface area (Å²) in [4.78, 5) is 28.1. The van der Waals surface area contributed by atoms with Crippen LogP contribution in [0.3, 0.4) is 0 Å². The molecule has 0 bridgehead atoms. The number of rotatable bonds is 3. The highest BCUT2D eigenvalue weighted by Crippen LogP contribution is 2.24. The summed E-state index contributed by atoms with van der Waals surface area (Å²) in [6.45, 7) is 8.19. The van der Waals surface area contributed by atoms with E-state index in [1.54, 1.807) is 18.2 Å². The van der Waals surface area contributed by atoms with E-state index < -0.39 is 0 Å². The summed E-state index contributed by atoms with van der Waals surface area (Å²) in [6, 6.07) is 7.30. The Bertz CT molecular complexity index is 646. The molecule has 1 amide bonds. The molecule has 1 aliphatic heterocycles. The van der Waals surface area contributed by atoms with E-state index >= 15 is 0 Å². The number of carbonyl (C=O) groups is 2. The molecule has 1 fully saturated rings. The zero-order chi connectivity index (χ0) is 17.0. The second-order valence-electron chi connectivity index (χ2n) is 6.22. The third-order valence-corrected chi connectivity index (χ3v) is 4.15. The Hall–Kier alpha value is -2.35. The first-order valence-electron chi connectivity index (χ1n) is 8.03. The number of hydrogen-bond donors (Lipinski definition) is 0. The predicted molar refractivity (Wildman–Crippen MR) is 89.4 cm³/mol. The molecule has 1 aromatic carbocycles. The summed E-state index contributed by atoms with van der Waals surface area (Å²) in [7, 11) is 0. The lowest BCUT2D eigenvalue weighted by molar-refractivity contribution is -0.134. The number of carbonyl (C=O) groups excluding carboxylic acids is 2. The summed E-state index contributed by atoms with van der Waals surface area (Å²) in [5.74, 6) is 0.157. The first-order chi connectivity index (χ1) is 10.9. The first-order valence-corrected chi connectivity index (χ1v) is 8.03. The standard InChI is InChI=1S/C18H23N3O2/c1-13(2)18(23)21-8-4-7-20(9-10-21)17-11-15(12-19)5-6-16(17)14(3)22/h5-6,11,13H,4,7-10H2,1-3H3. The molecule has 0 aromatic heterocycles. The molecule has 0 N–H and O–H groups in total. The van der Waals surface area contributed by atoms with E-state index in [4.69, 9.17) is 5.26 Å². The lowest BCUT2D eigenvalue weighted by atomic mass is 10.1. The van der Waals surface area contributed by atoms with Crippen molar-refractivity contribution in [2.24, 2.45) is 5.92 Å². The van der Waals surface area contributed by atoms with E-state index in [1.165, 1.54) is 6.92 Å². The number of nitrogens with zero attached hydrogens (tertiary/aromatic N) is 3. The molecule has 0 saturated carbocycles. The van der Waals surface area contributed by atoms with Gasteiger partial charge in [0.2, 0.25) is 5.91 Å². The van der Waals surface area contributed by atoms with Crippen LogP contribution >= 0.6 is 0 Å². The van der Waals surface area contributed by atoms with E-state index in [9.17, 15) is 9.59 Å². The van der Waals surface area contributed by atoms with Gasteiger partial charge in [0.25, 0.3) is 0 Å². The van der Waals surface area contributed by atoms with Crippen molar-refractivity contribution in [1.82, 2.24) is 4.90 Å². The molecule has 5 nitrogen and oxygen atoms in total. The van der Waals surface area contributed by atoms with Crippen LogP contribution in [-0.4, -0.2) is 42.8 Å². The van der Waals surface area contributed by atoms with Gasteiger partial charge in [-0.15, -0.1) is 0 Å². The van der Waals surface area contributed by atoms with E-state index in [1.807, 2.05) is 18.7 Å². The molecule has 122 valence electrons. The number of hydrogen-bond acceptors (Lipinski definition) is 4. The topological polar surface area (TPSA) is 64.4 Å². The van der Waals surface area contributed by atoms with E-state index in [0.717, 1.165) is 25.2 Å². The van der Waals surface area contributed by atoms with Crippen LogP contribution in [0.15, 0.2) is 18.2 Å². The molecule has 1 heterocycles. The van der Waals surface area contributed by atoms with Gasteiger partial charge in [0.1, 0.15) is 0 Å². The fraction of sp³-hybridized carbons (Fsp3) is 0.500. The Morgan fingerprint density at radius 1 is 1.17 bits per heavy atom. The largest absolute Gasteiger partial charge is 0.369 e. The van der Waals surface area contributed by atoms with Gasteiger partial charge >= 0.3 is 0 Å². The zero-order valence-electron chi connectivity index (χ0n) is 14.0. The number of ketones is 1. The predicted octanol–water partition coefficient (Wildman–Crippen LogP) is 2.46. The summed E-state index contributed by atoms with van der Waals surface area (Å²) in [5.41, 5.74) is 1.98. The van der Waals surface area contributed by atoms with Crippen molar-refractivity contribution in [3.8, 4) is 6.07 Å². The van der Waals surface area contributed by atoms with Crippen molar-refractivity contribution in [3.05, 3.63) is 29.3 Å². The second kappa shape index (κ2) is 7.28. The Morgan fingerprint density at radius 2 is 1.91 bits per heavy atom. The average molecular weight is 313 g/mol. The molecule has 0 unspecified atom stereocenters. The Morgan fingerprint density at radius 3 is 2.52 bits per heavy atom. The molecule has 0 aliphatic carbocycles. The average Bonchev–Trinajstić information content (AvgIpc) is 2.79. The summed E-state index contributed by atoms with van der Waals surface area (Å²) in [5, 5.41) is 9.12. The molecular formula is C18H23N3O2. The maximum Gasteiger partial charge on any atom is 0.225 e. The lowest BCUT2D eigenvalue weighted by Gasteiger charge is -2.26. The third kappa shape index (κ3) is 3.89. The Balaban J connectivity index is 2.24. The molecule has 0 atom stereocenters. The molecule has 2 rings (SSSR count). The minimum Gasteiger partial charge on any atom is -0.369 e. The third-order valence-electron chi connectivity index (χ3n) is 4.15. The monoisotopic (exact) mass is 313 g/mol. The summed E-state index contributed by atoms with van der Waals surface area (Å²) < 4.78 is 0. The van der Waals surface area contributed by atoms with Crippen molar-refractivity contribution in [2.45, 2.75) is 27.2 Å². The van der Waals surface area contributed by atoms with Gasteiger partial charge in [-0.05, 0) is 31.5 Å². The van der Waals surface area contributed by atoms with Gasteiger partial charge in [-0.1, -0.05) is 13.8 Å². The van der Waals surface area contributed by atoms with Crippen molar-refractivity contribution >= 4 is 17.4 Å². The Labute approximate surface area is 137 Å². The molecule has 5 heteroatoms. The maximum absolute atomic E-state index is 12.2. The van der Waals surface area contributed by atoms with Gasteiger partial charge in [0, 0.05) is 43.3 Å². The molecule has 0 radical (unpaired) electrons. The summed E-state index contributed by atoms with van der Waals surface area (Å²) >= 11 is 0. The molecule has 1 saturated heterocycles. The maximum atomic E-state index is 12.2. The van der Waals surface area contributed by atoms with Crippen molar-refractivity contribution < 1.29 is 9.59 Å². The van der Waals surface area contributed by atoms with E-state index in [2.05, 4.69) is 11.0 Å². The second-order valence-corrected chi connectivity index (χ2v) is 6.22. The number of anilines is 1. The van der Waals surface area contributed by atoms with Crippen LogP contribution in [0.4, 0.5) is 5.69 Å². The van der Waals surface area contributed by atoms with Crippen molar-refractivity contribution in [3.63, 3.8) is 0 Å². The molecule has 1 aromatic rings. The smallest absolute Gasteiger partial charge is 0.225 e. The van der Waals surface area contributed by atoms with Crippen LogP contribution in [0.5, 0.6) is 0 Å². The molecular weight excluding hydrogens is 290 g/mol. The lowest BCUT2D eigenvalue weighted by Crippen LogP contribution is -2.37. The fourth-order valence-corrected chi connectivity index (χ4v) is 2.90. The van der Waals surface area contributed by atoms with Crippen LogP contribution < -0.4 is 4.90 Å². The number of amides is 1. The SMILES string of the molecule is CC(=O)c1ccc(C#N)cc1N1CCCN(C(=O)C(C)C)CC1. The van der Waals surface area contributed by atoms with Crippen LogP contribution in [0, 0.1) is 17.2 Å². The highest BCUT2D eigenvalue weighted by atomic mass is 16.2. The van der Waals surface area contributed by atoms with Crippen LogP contribution in [0.25, 0.3) is 0 Å². The zero-order valence-corrected chi connectivity index (χ0v) is 14.0. The van der Waals surface area contributed by atoms with Gasteiger partial charge in [-0.2, -0.15) is 5.26 Å². The number of nitriles is 1. The number of Topliss-reactive ketones (excluding diaryl/α,β-unsaturated/α-hetero) is 1. The summed E-state index contributed by atoms with van der Waals surface area (Å²) in [6.07, 6.45) is 0.854. The molecule has 0 spiro atoms. The molecule has 1 aliphatic rings. The highest BCUT2D eigenvalue weighted by Gasteiger charge is 2.23. The van der Waals surface area contributed by atoms with Crippen molar-refractivity contribution in [1.29, 1.82) is 5.26 Å². The van der Waals surface area contributed by atoms with Crippen LogP contribution in [-0.2, 0) is 4.79 Å². The minimum atomic E-state index is -0.0103. The quantitative estimate of drug-likeness (QED) is 0.804. The van der Waals surface area contributed by atoms with Crippen molar-refractivity contribution in [2.75, 3.05) is 31.1 Å². The minimum absolute atomic E-state index is 0.00347. The fourth-order valence-electron chi connectivity index (χ4n) is 2.90. The Kier molecular flexibility index (Phi) is 5.38. The van der Waals surface area contributed by atoms with Gasteiger partial charge in [0.15, 0.2) is 5.78 Å². The van der Waals surface area contributed by atoms with Gasteiger partial charge in [-0.3, -0.25) is 9.59 Å². The van der Waals surface area contributed by atoms with E-state index in [0.29, 0.717) is 24.2 Å². The first kappa shape index (κ1) is 17.0. The molecule has 23 heavy (non-hydrogen) atoms. The van der Waals surface area contributed by atoms with Gasteiger partial charge in [0.05, 0.1) is 11.6 Å². The number of benzene rings is 1. The van der Waals surface area contributed by atoms with Crippen LogP contribution in [0.1, 0.15) is 43.1 Å². The van der Waals surface area contributed by atoms with Gasteiger partial charge < -0.3 is 9.80 Å². The van der Waals surface area contributed by atoms with E-state index in [-0.39, 0.29) is 17.6 Å². The normalized spacial score (nSPS) is 15.3. The van der Waals surface area contributed by atoms with Crippen LogP contribution in [0.2, 0.25) is 0 Å². The highest BCUT2D eigenvalue weighted by molar-refractivity contribution is 6.00.